The monoisotopic (exact) mass is 391 g/mol. The Bertz CT molecular complexity index is 935. The van der Waals surface area contributed by atoms with E-state index in [-0.39, 0.29) is 23.9 Å². The molecule has 2 aromatic heterocycles. The normalized spacial score (nSPS) is 19.9. The van der Waals surface area contributed by atoms with E-state index in [1.54, 1.807) is 0 Å². The van der Waals surface area contributed by atoms with Gasteiger partial charge in [-0.15, -0.1) is 0 Å². The van der Waals surface area contributed by atoms with Gasteiger partial charge in [0.05, 0.1) is 13.0 Å². The molecule has 4 rings (SSSR count). The molecule has 1 unspecified atom stereocenters. The summed E-state index contributed by atoms with van der Waals surface area (Å²) in [4.78, 5) is 47.1. The second kappa shape index (κ2) is 7.26. The predicted octanol–water partition coefficient (Wildman–Crippen LogP) is 0.521. The number of carbonyl (C=O) groups excluding carboxylic acids is 2. The largest absolute Gasteiger partial charge is 0.468 e. The van der Waals surface area contributed by atoms with Gasteiger partial charge in [0.2, 0.25) is 5.91 Å². The van der Waals surface area contributed by atoms with Crippen LogP contribution in [0.3, 0.4) is 0 Å². The molecule has 3 heterocycles. The lowest BCUT2D eigenvalue weighted by Gasteiger charge is -2.31. The van der Waals surface area contributed by atoms with Crippen molar-refractivity contribution < 1.29 is 14.3 Å². The van der Waals surface area contributed by atoms with Gasteiger partial charge in [-0.05, 0) is 25.7 Å². The summed E-state index contributed by atoms with van der Waals surface area (Å²) < 4.78 is 6.23. The fourth-order valence-electron chi connectivity index (χ4n) is 3.20. The fourth-order valence-corrected chi connectivity index (χ4v) is 4.20. The first-order valence-corrected chi connectivity index (χ1v) is 9.85. The summed E-state index contributed by atoms with van der Waals surface area (Å²) in [6.45, 7) is 1.21. The van der Waals surface area contributed by atoms with E-state index in [4.69, 9.17) is 0 Å². The molecule has 0 bridgehead atoms. The summed E-state index contributed by atoms with van der Waals surface area (Å²) in [7, 11) is 1.27. The van der Waals surface area contributed by atoms with Crippen LogP contribution >= 0.6 is 11.3 Å². The molecule has 2 aromatic rings. The van der Waals surface area contributed by atoms with E-state index < -0.39 is 5.97 Å². The van der Waals surface area contributed by atoms with Crippen LogP contribution in [0.1, 0.15) is 25.7 Å². The van der Waals surface area contributed by atoms with E-state index in [9.17, 15) is 14.4 Å². The summed E-state index contributed by atoms with van der Waals surface area (Å²) in [6.07, 6.45) is 5.23. The number of nitrogens with one attached hydrogen (secondary N) is 1. The van der Waals surface area contributed by atoms with Crippen molar-refractivity contribution in [1.29, 1.82) is 0 Å². The van der Waals surface area contributed by atoms with Gasteiger partial charge < -0.3 is 15.0 Å². The van der Waals surface area contributed by atoms with Crippen molar-refractivity contribution in [2.24, 2.45) is 5.92 Å². The summed E-state index contributed by atoms with van der Waals surface area (Å²) in [5, 5.41) is 3.76. The number of methoxy groups -OCH3 is 1. The molecule has 27 heavy (non-hydrogen) atoms. The molecule has 2 fully saturated rings. The number of hydrogen-bond acceptors (Lipinski definition) is 8. The number of hydrogen-bond donors (Lipinski definition) is 1. The van der Waals surface area contributed by atoms with Crippen LogP contribution in [0.2, 0.25) is 0 Å². The smallest absolute Gasteiger partial charge is 0.325 e. The van der Waals surface area contributed by atoms with Crippen molar-refractivity contribution >= 4 is 38.7 Å². The maximum absolute atomic E-state index is 12.6. The van der Waals surface area contributed by atoms with Crippen LogP contribution in [0.25, 0.3) is 10.3 Å². The number of rotatable bonds is 5. The van der Waals surface area contributed by atoms with E-state index in [2.05, 4.69) is 24.9 Å². The molecule has 9 nitrogen and oxygen atoms in total. The minimum Gasteiger partial charge on any atom is -0.468 e. The van der Waals surface area contributed by atoms with Gasteiger partial charge in [0, 0.05) is 19.1 Å². The molecule has 1 saturated carbocycles. The first-order chi connectivity index (χ1) is 13.0. The Morgan fingerprint density at radius 1 is 1.37 bits per heavy atom. The van der Waals surface area contributed by atoms with Crippen LogP contribution in [0.15, 0.2) is 11.1 Å². The van der Waals surface area contributed by atoms with E-state index in [1.807, 2.05) is 0 Å². The van der Waals surface area contributed by atoms with Crippen molar-refractivity contribution in [2.45, 2.75) is 38.3 Å². The number of piperidine rings is 1. The summed E-state index contributed by atoms with van der Waals surface area (Å²) in [5.41, 5.74) is 0.0554. The highest BCUT2D eigenvalue weighted by Crippen LogP contribution is 2.30. The van der Waals surface area contributed by atoms with Gasteiger partial charge in [-0.1, -0.05) is 11.3 Å². The molecular formula is C17H21N5O4S. The number of carbonyl (C=O) groups is 2. The number of nitrogens with zero attached hydrogens (tertiary/aromatic N) is 4. The fraction of sp³-hybridized carbons (Fsp3) is 0.588. The van der Waals surface area contributed by atoms with Crippen molar-refractivity contribution in [3.05, 3.63) is 16.7 Å². The van der Waals surface area contributed by atoms with Crippen molar-refractivity contribution in [2.75, 3.05) is 25.1 Å². The van der Waals surface area contributed by atoms with Crippen molar-refractivity contribution in [3.63, 3.8) is 0 Å². The lowest BCUT2D eigenvalue weighted by molar-refractivity contribution is -0.141. The molecule has 0 aromatic carbocycles. The molecule has 1 N–H and O–H groups in total. The van der Waals surface area contributed by atoms with E-state index in [1.165, 1.54) is 29.3 Å². The van der Waals surface area contributed by atoms with E-state index in [0.29, 0.717) is 28.1 Å². The molecule has 1 aliphatic heterocycles. The highest BCUT2D eigenvalue weighted by Gasteiger charge is 2.31. The molecule has 1 saturated heterocycles. The quantitative estimate of drug-likeness (QED) is 0.741. The molecule has 1 aliphatic carbocycles. The Kier molecular flexibility index (Phi) is 4.81. The van der Waals surface area contributed by atoms with Crippen molar-refractivity contribution in [3.8, 4) is 0 Å². The SMILES string of the molecule is COC(=O)Cn1cnc2nc(N3CCCC(C(=O)NC4CC4)C3)sc2c1=O. The second-order valence-corrected chi connectivity index (χ2v) is 7.95. The van der Waals surface area contributed by atoms with Gasteiger partial charge in [-0.25, -0.2) is 4.98 Å². The third kappa shape index (κ3) is 3.80. The first kappa shape index (κ1) is 17.9. The predicted molar refractivity (Wildman–Crippen MR) is 99.8 cm³/mol. The number of esters is 1. The lowest BCUT2D eigenvalue weighted by Crippen LogP contribution is -2.43. The summed E-state index contributed by atoms with van der Waals surface area (Å²) in [6, 6.07) is 0.354. The zero-order valence-electron chi connectivity index (χ0n) is 15.0. The molecule has 0 spiro atoms. The topological polar surface area (TPSA) is 106 Å². The number of aromatic nitrogens is 3. The Hall–Kier alpha value is -2.49. The maximum Gasteiger partial charge on any atom is 0.325 e. The van der Waals surface area contributed by atoms with Gasteiger partial charge >= 0.3 is 5.97 Å². The third-order valence-electron chi connectivity index (χ3n) is 4.89. The van der Waals surface area contributed by atoms with Crippen LogP contribution in [0, 0.1) is 5.92 Å². The van der Waals surface area contributed by atoms with E-state index in [0.717, 1.165) is 32.2 Å². The number of amides is 1. The number of anilines is 1. The molecule has 2 aliphatic rings. The minimum atomic E-state index is -0.511. The van der Waals surface area contributed by atoms with Gasteiger partial charge in [-0.3, -0.25) is 19.0 Å². The molecule has 1 amide bonds. The number of fused-ring (bicyclic) bond motifs is 1. The zero-order valence-corrected chi connectivity index (χ0v) is 15.8. The average molecular weight is 391 g/mol. The molecule has 144 valence electrons. The standard InChI is InChI=1S/C17H21N5O4S/c1-26-12(23)8-22-9-18-14-13(16(22)25)27-17(20-14)21-6-2-3-10(7-21)15(24)19-11-4-5-11/h9-11H,2-8H2,1H3,(H,19,24). The van der Waals surface area contributed by atoms with Crippen LogP contribution in [0.5, 0.6) is 0 Å². The van der Waals surface area contributed by atoms with Crippen molar-refractivity contribution in [1.82, 2.24) is 19.9 Å². The van der Waals surface area contributed by atoms with Gasteiger partial charge in [0.25, 0.3) is 5.56 Å². The highest BCUT2D eigenvalue weighted by atomic mass is 32.1. The van der Waals surface area contributed by atoms with Crippen LogP contribution in [-0.4, -0.2) is 52.7 Å². The highest BCUT2D eigenvalue weighted by molar-refractivity contribution is 7.22. The summed E-state index contributed by atoms with van der Waals surface area (Å²) >= 11 is 1.25. The van der Waals surface area contributed by atoms with Gasteiger partial charge in [0.15, 0.2) is 10.8 Å². The lowest BCUT2D eigenvalue weighted by atomic mass is 9.97. The van der Waals surface area contributed by atoms with Gasteiger partial charge in [-0.2, -0.15) is 4.98 Å². The minimum absolute atomic E-state index is 0.0599. The summed E-state index contributed by atoms with van der Waals surface area (Å²) in [5.74, 6) is -0.458. The van der Waals surface area contributed by atoms with Crippen LogP contribution in [-0.2, 0) is 20.9 Å². The number of ether oxygens (including phenoxy) is 1. The molecule has 0 radical (unpaired) electrons. The maximum atomic E-state index is 12.6. The second-order valence-electron chi connectivity index (χ2n) is 6.97. The third-order valence-corrected chi connectivity index (χ3v) is 5.98. The Balaban J connectivity index is 1.54. The Morgan fingerprint density at radius 3 is 2.93 bits per heavy atom. The molecular weight excluding hydrogens is 370 g/mol. The Labute approximate surface area is 159 Å². The van der Waals surface area contributed by atoms with Gasteiger partial charge in [0.1, 0.15) is 17.6 Å². The molecule has 10 heteroatoms. The number of thiazole rings is 1. The Morgan fingerprint density at radius 2 is 2.19 bits per heavy atom. The zero-order chi connectivity index (χ0) is 19.0. The van der Waals surface area contributed by atoms with Crippen LogP contribution in [0.4, 0.5) is 5.13 Å². The average Bonchev–Trinajstić information content (AvgIpc) is 3.38. The van der Waals surface area contributed by atoms with Crippen LogP contribution < -0.4 is 15.8 Å². The van der Waals surface area contributed by atoms with E-state index >= 15 is 0 Å². The molecule has 1 atom stereocenters. The first-order valence-electron chi connectivity index (χ1n) is 9.03.